The Balaban J connectivity index is 1.60. The second kappa shape index (κ2) is 7.70. The summed E-state index contributed by atoms with van der Waals surface area (Å²) in [5, 5.41) is 6.71. The van der Waals surface area contributed by atoms with Crippen LogP contribution in [-0.4, -0.2) is 48.2 Å². The van der Waals surface area contributed by atoms with Crippen molar-refractivity contribution in [2.75, 3.05) is 36.4 Å². The highest BCUT2D eigenvalue weighted by atomic mass is 16.5. The van der Waals surface area contributed by atoms with Crippen molar-refractivity contribution < 1.29 is 9.32 Å². The van der Waals surface area contributed by atoms with Crippen LogP contribution in [0.4, 0.5) is 11.5 Å². The molecule has 134 valence electrons. The van der Waals surface area contributed by atoms with Gasteiger partial charge in [-0.3, -0.25) is 9.69 Å². The smallest absolute Gasteiger partial charge is 0.242 e. The van der Waals surface area contributed by atoms with E-state index >= 15 is 0 Å². The van der Waals surface area contributed by atoms with Crippen LogP contribution in [0.2, 0.25) is 0 Å². The maximum absolute atomic E-state index is 12.6. The molecule has 1 N–H and O–H groups in total. The number of aromatic nitrogens is 1. The number of aryl methyl sites for hydroxylation is 2. The number of carbonyl (C=O) groups is 1. The molecule has 1 aromatic heterocycles. The summed E-state index contributed by atoms with van der Waals surface area (Å²) in [6, 6.07) is 10.1. The third-order valence-corrected chi connectivity index (χ3v) is 4.78. The van der Waals surface area contributed by atoms with E-state index in [9.17, 15) is 4.79 Å². The summed E-state index contributed by atoms with van der Waals surface area (Å²) in [5.74, 6) is 1.16. The summed E-state index contributed by atoms with van der Waals surface area (Å²) in [7, 11) is 0. The van der Waals surface area contributed by atoms with E-state index in [1.807, 2.05) is 13.8 Å². The first-order valence-corrected chi connectivity index (χ1v) is 8.87. The number of rotatable bonds is 5. The molecule has 2 aromatic rings. The molecule has 1 aromatic carbocycles. The summed E-state index contributed by atoms with van der Waals surface area (Å²) >= 11 is 0. The first kappa shape index (κ1) is 17.5. The average molecular weight is 342 g/mol. The SMILES string of the molecule is CC[C@H](C(=O)Nc1cc(C)on1)N1CCN(c2ccccc2C)CC1. The fraction of sp³-hybridized carbons (Fsp3) is 0.474. The van der Waals surface area contributed by atoms with Gasteiger partial charge in [-0.05, 0) is 31.9 Å². The molecule has 3 rings (SSSR count). The standard InChI is InChI=1S/C19H26N4O2/c1-4-16(19(24)20-18-13-15(3)25-21-18)22-9-11-23(12-10-22)17-8-6-5-7-14(17)2/h5-8,13,16H,4,9-12H2,1-3H3,(H,20,21,24)/t16-/m1/s1. The molecule has 0 aliphatic carbocycles. The number of piperazine rings is 1. The van der Waals surface area contributed by atoms with E-state index in [1.54, 1.807) is 6.07 Å². The number of nitrogens with one attached hydrogen (secondary N) is 1. The number of hydrogen-bond acceptors (Lipinski definition) is 5. The van der Waals surface area contributed by atoms with E-state index in [1.165, 1.54) is 11.3 Å². The van der Waals surface area contributed by atoms with Crippen LogP contribution >= 0.6 is 0 Å². The van der Waals surface area contributed by atoms with Crippen molar-refractivity contribution in [1.82, 2.24) is 10.1 Å². The van der Waals surface area contributed by atoms with Crippen LogP contribution < -0.4 is 10.2 Å². The fourth-order valence-electron chi connectivity index (χ4n) is 3.44. The number of hydrogen-bond donors (Lipinski definition) is 1. The first-order valence-electron chi connectivity index (χ1n) is 8.87. The minimum atomic E-state index is -0.143. The molecule has 1 aliphatic heterocycles. The summed E-state index contributed by atoms with van der Waals surface area (Å²) in [4.78, 5) is 17.3. The maximum atomic E-state index is 12.6. The summed E-state index contributed by atoms with van der Waals surface area (Å²) in [6.45, 7) is 9.60. The van der Waals surface area contributed by atoms with Crippen LogP contribution in [-0.2, 0) is 4.79 Å². The molecule has 2 heterocycles. The van der Waals surface area contributed by atoms with Crippen molar-refractivity contribution >= 4 is 17.4 Å². The van der Waals surface area contributed by atoms with E-state index in [4.69, 9.17) is 4.52 Å². The van der Waals surface area contributed by atoms with Gasteiger partial charge in [0.2, 0.25) is 5.91 Å². The molecular formula is C19H26N4O2. The normalized spacial score (nSPS) is 16.7. The monoisotopic (exact) mass is 342 g/mol. The van der Waals surface area contributed by atoms with Gasteiger partial charge in [-0.15, -0.1) is 0 Å². The van der Waals surface area contributed by atoms with Gasteiger partial charge in [0.25, 0.3) is 0 Å². The molecule has 6 nitrogen and oxygen atoms in total. The molecule has 25 heavy (non-hydrogen) atoms. The lowest BCUT2D eigenvalue weighted by Gasteiger charge is -2.39. The van der Waals surface area contributed by atoms with Crippen molar-refractivity contribution in [1.29, 1.82) is 0 Å². The van der Waals surface area contributed by atoms with Gasteiger partial charge in [0.15, 0.2) is 5.82 Å². The van der Waals surface area contributed by atoms with E-state index in [0.29, 0.717) is 11.6 Å². The Morgan fingerprint density at radius 2 is 1.96 bits per heavy atom. The van der Waals surface area contributed by atoms with Gasteiger partial charge in [-0.25, -0.2) is 0 Å². The summed E-state index contributed by atoms with van der Waals surface area (Å²) < 4.78 is 5.01. The van der Waals surface area contributed by atoms with Crippen molar-refractivity contribution in [3.8, 4) is 0 Å². The first-order chi connectivity index (χ1) is 12.1. The van der Waals surface area contributed by atoms with Gasteiger partial charge in [-0.1, -0.05) is 30.3 Å². The third-order valence-electron chi connectivity index (χ3n) is 4.78. The van der Waals surface area contributed by atoms with Gasteiger partial charge in [0.1, 0.15) is 5.76 Å². The highest BCUT2D eigenvalue weighted by Gasteiger charge is 2.28. The molecule has 1 amide bonds. The Morgan fingerprint density at radius 3 is 2.56 bits per heavy atom. The zero-order valence-corrected chi connectivity index (χ0v) is 15.2. The van der Waals surface area contributed by atoms with E-state index in [2.05, 4.69) is 51.5 Å². The van der Waals surface area contributed by atoms with Crippen LogP contribution in [0.3, 0.4) is 0 Å². The van der Waals surface area contributed by atoms with Gasteiger partial charge in [0, 0.05) is 37.9 Å². The Morgan fingerprint density at radius 1 is 1.24 bits per heavy atom. The summed E-state index contributed by atoms with van der Waals surface area (Å²) in [5.41, 5.74) is 2.58. The van der Waals surface area contributed by atoms with Crippen LogP contribution in [0.25, 0.3) is 0 Å². The molecule has 6 heteroatoms. The van der Waals surface area contributed by atoms with E-state index in [0.717, 1.165) is 32.6 Å². The lowest BCUT2D eigenvalue weighted by Crippen LogP contribution is -2.53. The largest absolute Gasteiger partial charge is 0.369 e. The predicted molar refractivity (Wildman–Crippen MR) is 98.9 cm³/mol. The quantitative estimate of drug-likeness (QED) is 0.905. The topological polar surface area (TPSA) is 61.6 Å². The average Bonchev–Trinajstić information content (AvgIpc) is 3.01. The van der Waals surface area contributed by atoms with Crippen molar-refractivity contribution in [3.63, 3.8) is 0 Å². The van der Waals surface area contributed by atoms with Gasteiger partial charge in [0.05, 0.1) is 6.04 Å². The van der Waals surface area contributed by atoms with Crippen LogP contribution in [0.1, 0.15) is 24.7 Å². The Kier molecular flexibility index (Phi) is 5.38. The molecule has 0 saturated carbocycles. The molecule has 0 radical (unpaired) electrons. The molecule has 0 unspecified atom stereocenters. The number of anilines is 2. The Hall–Kier alpha value is -2.34. The Labute approximate surface area is 148 Å². The molecule has 1 saturated heterocycles. The van der Waals surface area contributed by atoms with Gasteiger partial charge in [-0.2, -0.15) is 0 Å². The third kappa shape index (κ3) is 4.02. The number of nitrogens with zero attached hydrogens (tertiary/aromatic N) is 3. The van der Waals surface area contributed by atoms with Gasteiger partial charge >= 0.3 is 0 Å². The fourth-order valence-corrected chi connectivity index (χ4v) is 3.44. The molecular weight excluding hydrogens is 316 g/mol. The van der Waals surface area contributed by atoms with Crippen LogP contribution in [0.5, 0.6) is 0 Å². The molecule has 0 spiro atoms. The maximum Gasteiger partial charge on any atom is 0.242 e. The predicted octanol–water partition coefficient (Wildman–Crippen LogP) is 2.83. The molecule has 1 aliphatic rings. The van der Waals surface area contributed by atoms with Crippen molar-refractivity contribution in [2.45, 2.75) is 33.2 Å². The number of benzene rings is 1. The second-order valence-corrected chi connectivity index (χ2v) is 6.55. The van der Waals surface area contributed by atoms with Crippen LogP contribution in [0, 0.1) is 13.8 Å². The zero-order valence-electron chi connectivity index (χ0n) is 15.2. The zero-order chi connectivity index (χ0) is 17.8. The molecule has 0 bridgehead atoms. The van der Waals surface area contributed by atoms with Gasteiger partial charge < -0.3 is 14.7 Å². The van der Waals surface area contributed by atoms with E-state index in [-0.39, 0.29) is 11.9 Å². The number of amides is 1. The van der Waals surface area contributed by atoms with Crippen LogP contribution in [0.15, 0.2) is 34.9 Å². The Bertz CT molecular complexity index is 720. The molecule has 1 fully saturated rings. The number of carbonyl (C=O) groups excluding carboxylic acids is 1. The molecule has 1 atom stereocenters. The van der Waals surface area contributed by atoms with E-state index < -0.39 is 0 Å². The minimum absolute atomic E-state index is 0.0138. The van der Waals surface area contributed by atoms with Crippen molar-refractivity contribution in [2.24, 2.45) is 0 Å². The summed E-state index contributed by atoms with van der Waals surface area (Å²) in [6.07, 6.45) is 0.771. The number of para-hydroxylation sites is 1. The highest BCUT2D eigenvalue weighted by molar-refractivity contribution is 5.94. The lowest BCUT2D eigenvalue weighted by atomic mass is 10.1. The van der Waals surface area contributed by atoms with Crippen molar-refractivity contribution in [3.05, 3.63) is 41.7 Å². The lowest BCUT2D eigenvalue weighted by molar-refractivity contribution is -0.121. The second-order valence-electron chi connectivity index (χ2n) is 6.55. The minimum Gasteiger partial charge on any atom is -0.369 e. The highest BCUT2D eigenvalue weighted by Crippen LogP contribution is 2.22.